The highest BCUT2D eigenvalue weighted by molar-refractivity contribution is 8.13. The summed E-state index contributed by atoms with van der Waals surface area (Å²) in [5, 5.41) is 8.29. The highest BCUT2D eigenvalue weighted by atomic mass is 32.3. The average Bonchev–Trinajstić information content (AvgIpc) is 2.89. The summed E-state index contributed by atoms with van der Waals surface area (Å²) in [7, 11) is -15.5. The quantitative estimate of drug-likeness (QED) is 0.324. The van der Waals surface area contributed by atoms with Crippen molar-refractivity contribution in [2.75, 3.05) is 0 Å². The van der Waals surface area contributed by atoms with Crippen LogP contribution in [0.1, 0.15) is 32.6 Å². The number of unbranched alkanes of at least 4 members (excludes halogenated alkanes) is 2. The van der Waals surface area contributed by atoms with Gasteiger partial charge in [0.1, 0.15) is 5.25 Å². The van der Waals surface area contributed by atoms with Gasteiger partial charge in [-0.05, 0) is 42.8 Å². The zero-order valence-electron chi connectivity index (χ0n) is 20.1. The Morgan fingerprint density at radius 3 is 1.41 bits per heavy atom. The molecule has 3 rings (SSSR count). The molecule has 11 heteroatoms. The SMILES string of the molecule is CCCCCC(C(C(=O)O)(S(=O)(=O)c1ccccc1)S(=O)(=O)c1ccccc1)S(=O)(=O)c1ccccc1. The molecule has 0 saturated heterocycles. The first-order valence-electron chi connectivity index (χ1n) is 11.6. The van der Waals surface area contributed by atoms with Crippen molar-refractivity contribution in [3.05, 3.63) is 91.0 Å². The van der Waals surface area contributed by atoms with E-state index in [2.05, 4.69) is 0 Å². The molecule has 0 radical (unpaired) electrons. The number of benzene rings is 3. The summed E-state index contributed by atoms with van der Waals surface area (Å²) in [6, 6.07) is 19.2. The third kappa shape index (κ3) is 4.95. The Kier molecular flexibility index (Phi) is 8.61. The topological polar surface area (TPSA) is 140 Å². The van der Waals surface area contributed by atoms with Gasteiger partial charge in [0.2, 0.25) is 19.7 Å². The Morgan fingerprint density at radius 2 is 1.05 bits per heavy atom. The van der Waals surface area contributed by atoms with Gasteiger partial charge in [-0.25, -0.2) is 30.0 Å². The number of carboxylic acid groups (broad SMARTS) is 1. The summed E-state index contributed by atoms with van der Waals surface area (Å²) >= 11 is 0. The monoisotopic (exact) mass is 564 g/mol. The summed E-state index contributed by atoms with van der Waals surface area (Å²) in [5.41, 5.74) is 0. The number of carbonyl (C=O) groups is 1. The standard InChI is InChI=1S/C26H28O8S3/c1-2-3-7-20-24(35(29,30)21-14-8-4-9-15-21)26(25(27)28,36(31,32)22-16-10-5-11-17-22)37(33,34)23-18-12-6-13-19-23/h4-6,8-19,24H,2-3,7,20H2,1H3,(H,27,28). The minimum Gasteiger partial charge on any atom is -0.479 e. The summed E-state index contributed by atoms with van der Waals surface area (Å²) in [6.45, 7) is 1.83. The van der Waals surface area contributed by atoms with Gasteiger partial charge in [0, 0.05) is 0 Å². The van der Waals surface area contributed by atoms with Gasteiger partial charge in [-0.2, -0.15) is 0 Å². The van der Waals surface area contributed by atoms with Crippen LogP contribution in [0, 0.1) is 0 Å². The summed E-state index contributed by atoms with van der Waals surface area (Å²) in [4.78, 5) is 11.6. The minimum atomic E-state index is -5.36. The predicted molar refractivity (Wildman–Crippen MR) is 139 cm³/mol. The molecule has 0 amide bonds. The molecule has 0 aliphatic carbocycles. The fourth-order valence-corrected chi connectivity index (χ4v) is 12.5. The van der Waals surface area contributed by atoms with Gasteiger partial charge in [0.05, 0.1) is 14.7 Å². The average molecular weight is 565 g/mol. The van der Waals surface area contributed by atoms with E-state index in [4.69, 9.17) is 0 Å². The lowest BCUT2D eigenvalue weighted by molar-refractivity contribution is -0.137. The maximum absolute atomic E-state index is 14.2. The van der Waals surface area contributed by atoms with Crippen LogP contribution in [0.25, 0.3) is 0 Å². The fraction of sp³-hybridized carbons (Fsp3) is 0.269. The van der Waals surface area contributed by atoms with Crippen LogP contribution >= 0.6 is 0 Å². The molecule has 0 aliphatic rings. The van der Waals surface area contributed by atoms with E-state index < -0.39 is 61.0 Å². The predicted octanol–water partition coefficient (Wildman–Crippen LogP) is 4.14. The molecule has 198 valence electrons. The van der Waals surface area contributed by atoms with Crippen molar-refractivity contribution in [2.24, 2.45) is 0 Å². The molecular formula is C26H28O8S3. The molecule has 0 saturated carbocycles. The number of rotatable bonds is 12. The molecule has 0 aromatic heterocycles. The molecule has 0 aliphatic heterocycles. The van der Waals surface area contributed by atoms with Gasteiger partial charge in [-0.15, -0.1) is 0 Å². The normalized spacial score (nSPS) is 13.6. The van der Waals surface area contributed by atoms with Crippen molar-refractivity contribution in [2.45, 2.75) is 56.6 Å². The molecule has 8 nitrogen and oxygen atoms in total. The molecule has 1 N–H and O–H groups in total. The van der Waals surface area contributed by atoms with Crippen molar-refractivity contribution >= 4 is 35.5 Å². The first kappa shape index (κ1) is 28.5. The largest absolute Gasteiger partial charge is 0.479 e. The smallest absolute Gasteiger partial charge is 0.343 e. The molecule has 0 fully saturated rings. The maximum atomic E-state index is 14.2. The van der Waals surface area contributed by atoms with Crippen molar-refractivity contribution in [1.82, 2.24) is 0 Å². The van der Waals surface area contributed by atoms with Crippen LogP contribution in [0.2, 0.25) is 0 Å². The Bertz CT molecular complexity index is 1460. The Morgan fingerprint density at radius 1 is 0.676 bits per heavy atom. The molecule has 1 unspecified atom stereocenters. The van der Waals surface area contributed by atoms with Crippen molar-refractivity contribution < 1.29 is 35.2 Å². The van der Waals surface area contributed by atoms with Gasteiger partial charge >= 0.3 is 5.97 Å². The van der Waals surface area contributed by atoms with E-state index in [0.717, 1.165) is 24.3 Å². The minimum absolute atomic E-state index is 0.0941. The number of aliphatic carboxylic acids is 1. The van der Waals surface area contributed by atoms with E-state index in [1.54, 1.807) is 0 Å². The van der Waals surface area contributed by atoms with E-state index in [0.29, 0.717) is 12.8 Å². The van der Waals surface area contributed by atoms with E-state index in [1.165, 1.54) is 66.7 Å². The Hall–Kier alpha value is -3.02. The zero-order chi connectivity index (χ0) is 27.3. The van der Waals surface area contributed by atoms with Crippen molar-refractivity contribution in [3.63, 3.8) is 0 Å². The van der Waals surface area contributed by atoms with Gasteiger partial charge in [0.25, 0.3) is 4.08 Å². The zero-order valence-corrected chi connectivity index (χ0v) is 22.5. The second kappa shape index (κ2) is 11.2. The summed E-state index contributed by atoms with van der Waals surface area (Å²) < 4.78 is 81.3. The summed E-state index contributed by atoms with van der Waals surface area (Å²) in [5.74, 6) is -2.28. The highest BCUT2D eigenvalue weighted by Gasteiger charge is 2.70. The molecule has 0 bridgehead atoms. The third-order valence-electron chi connectivity index (χ3n) is 6.14. The molecule has 0 heterocycles. The first-order chi connectivity index (χ1) is 17.5. The highest BCUT2D eigenvalue weighted by Crippen LogP contribution is 2.44. The van der Waals surface area contributed by atoms with Crippen LogP contribution in [0.5, 0.6) is 0 Å². The van der Waals surface area contributed by atoms with Crippen LogP contribution < -0.4 is 0 Å². The molecule has 37 heavy (non-hydrogen) atoms. The van der Waals surface area contributed by atoms with E-state index in [9.17, 15) is 35.2 Å². The number of sulfone groups is 3. The first-order valence-corrected chi connectivity index (χ1v) is 16.1. The lowest BCUT2D eigenvalue weighted by atomic mass is 10.1. The van der Waals surface area contributed by atoms with Crippen LogP contribution in [-0.4, -0.2) is 45.7 Å². The van der Waals surface area contributed by atoms with Crippen LogP contribution in [0.15, 0.2) is 106 Å². The fourth-order valence-electron chi connectivity index (χ4n) is 4.31. The molecule has 1 atom stereocenters. The van der Waals surface area contributed by atoms with Gasteiger partial charge < -0.3 is 5.11 Å². The van der Waals surface area contributed by atoms with Crippen LogP contribution in [0.4, 0.5) is 0 Å². The number of hydrogen-bond acceptors (Lipinski definition) is 7. The van der Waals surface area contributed by atoms with Crippen molar-refractivity contribution in [1.29, 1.82) is 0 Å². The number of hydrogen-bond donors (Lipinski definition) is 1. The lowest BCUT2D eigenvalue weighted by Gasteiger charge is -2.35. The second-order valence-corrected chi connectivity index (χ2v) is 15.1. The number of carboxylic acids is 1. The second-order valence-electron chi connectivity index (χ2n) is 8.45. The van der Waals surface area contributed by atoms with Gasteiger partial charge in [-0.1, -0.05) is 80.8 Å². The van der Waals surface area contributed by atoms with E-state index >= 15 is 0 Å². The summed E-state index contributed by atoms with van der Waals surface area (Å²) in [6.07, 6.45) is 0.634. The van der Waals surface area contributed by atoms with Crippen molar-refractivity contribution in [3.8, 4) is 0 Å². The van der Waals surface area contributed by atoms with Crippen LogP contribution in [-0.2, 0) is 34.3 Å². The Labute approximate surface area is 217 Å². The van der Waals surface area contributed by atoms with E-state index in [1.807, 2.05) is 6.92 Å². The maximum Gasteiger partial charge on any atom is 0.343 e. The molecule has 3 aromatic carbocycles. The molecular weight excluding hydrogens is 536 g/mol. The Balaban J connectivity index is 2.53. The lowest BCUT2D eigenvalue weighted by Crippen LogP contribution is -2.63. The van der Waals surface area contributed by atoms with Crippen LogP contribution in [0.3, 0.4) is 0 Å². The molecule has 3 aromatic rings. The third-order valence-corrected chi connectivity index (χ3v) is 14.3. The molecule has 0 spiro atoms. The van der Waals surface area contributed by atoms with Gasteiger partial charge in [0.15, 0.2) is 9.84 Å². The van der Waals surface area contributed by atoms with E-state index in [-0.39, 0.29) is 11.3 Å². The van der Waals surface area contributed by atoms with Gasteiger partial charge in [-0.3, -0.25) is 0 Å².